The Bertz CT molecular complexity index is 1490. The minimum absolute atomic E-state index is 0.212. The molecule has 0 aromatic heterocycles. The molecule has 0 unspecified atom stereocenters. The average molecular weight is 655 g/mol. The minimum atomic E-state index is -6.11. The molecule has 0 radical (unpaired) electrons. The molecule has 0 heterocycles. The van der Waals surface area contributed by atoms with Crippen LogP contribution in [0.2, 0.25) is 0 Å². The Morgan fingerprint density at radius 3 is 1.05 bits per heavy atom. The molecule has 0 atom stereocenters. The van der Waals surface area contributed by atoms with Crippen LogP contribution in [0.15, 0.2) is 140 Å². The molecule has 5 rings (SSSR count). The summed E-state index contributed by atoms with van der Waals surface area (Å²) in [5.41, 5.74) is 0.425. The van der Waals surface area contributed by atoms with Gasteiger partial charge in [-0.25, -0.2) is 0 Å². The summed E-state index contributed by atoms with van der Waals surface area (Å²) in [6.45, 7) is 0. The monoisotopic (exact) mass is 654 g/mol. The molecule has 0 bridgehead atoms. The van der Waals surface area contributed by atoms with Crippen molar-refractivity contribution >= 4 is 40.7 Å². The van der Waals surface area contributed by atoms with Crippen LogP contribution in [0, 0.1) is 0 Å². The number of para-hydroxylation sites is 2. The Hall–Kier alpha value is -4.54. The van der Waals surface area contributed by atoms with Gasteiger partial charge in [0.1, 0.15) is 0 Å². The summed E-state index contributed by atoms with van der Waals surface area (Å²) in [6, 6.07) is 41.5. The van der Waals surface area contributed by atoms with Gasteiger partial charge in [0, 0.05) is 0 Å². The third-order valence-electron chi connectivity index (χ3n) is 6.84. The fourth-order valence-corrected chi connectivity index (χ4v) is 17.9. The molecule has 0 spiro atoms. The second-order valence-corrected chi connectivity index (χ2v) is 20.1. The van der Waals surface area contributed by atoms with Gasteiger partial charge in [-0.1, -0.05) is 0 Å². The number of carbonyl (C=O) groups is 2. The first kappa shape index (κ1) is 28.0. The molecule has 0 saturated heterocycles. The normalized spacial score (nSPS) is 11.9. The van der Waals surface area contributed by atoms with Crippen molar-refractivity contribution in [2.24, 2.45) is 0 Å². The van der Waals surface area contributed by atoms with Gasteiger partial charge in [-0.15, -0.1) is 0 Å². The SMILES string of the molecule is COc1ccccc1C(=O)[O][Sb]([O]C(=O)c1ccccc1OC)([c]1ccccc1)([c]1ccccc1)[c]1ccccc1. The van der Waals surface area contributed by atoms with Crippen molar-refractivity contribution < 1.29 is 25.1 Å². The van der Waals surface area contributed by atoms with Gasteiger partial charge in [-0.05, 0) is 0 Å². The van der Waals surface area contributed by atoms with Gasteiger partial charge in [0.15, 0.2) is 0 Å². The van der Waals surface area contributed by atoms with E-state index < -0.39 is 30.2 Å². The fourth-order valence-electron chi connectivity index (χ4n) is 4.92. The third kappa shape index (κ3) is 4.96. The number of hydrogen-bond acceptors (Lipinski definition) is 6. The Labute approximate surface area is 241 Å². The van der Waals surface area contributed by atoms with Gasteiger partial charge in [0.2, 0.25) is 0 Å². The van der Waals surface area contributed by atoms with E-state index in [1.54, 1.807) is 48.5 Å². The Morgan fingerprint density at radius 1 is 0.439 bits per heavy atom. The number of rotatable bonds is 9. The average Bonchev–Trinajstić information content (AvgIpc) is 3.05. The van der Waals surface area contributed by atoms with E-state index in [0.717, 1.165) is 0 Å². The van der Waals surface area contributed by atoms with Crippen LogP contribution in [0.4, 0.5) is 0 Å². The van der Waals surface area contributed by atoms with Crippen LogP contribution in [0.3, 0.4) is 0 Å². The van der Waals surface area contributed by atoms with Crippen molar-refractivity contribution in [1.29, 1.82) is 0 Å². The van der Waals surface area contributed by atoms with Gasteiger partial charge in [0.05, 0.1) is 0 Å². The van der Waals surface area contributed by atoms with Crippen LogP contribution in [-0.2, 0) is 6.03 Å². The predicted octanol–water partition coefficient (Wildman–Crippen LogP) is 4.84. The molecule has 5 aromatic carbocycles. The molecule has 0 aliphatic heterocycles. The number of ether oxygens (including phenoxy) is 2. The van der Waals surface area contributed by atoms with Gasteiger partial charge < -0.3 is 0 Å². The summed E-state index contributed by atoms with van der Waals surface area (Å²) in [5.74, 6) is -0.657. The Morgan fingerprint density at radius 2 is 0.732 bits per heavy atom. The zero-order valence-electron chi connectivity index (χ0n) is 22.7. The van der Waals surface area contributed by atoms with E-state index in [4.69, 9.17) is 15.5 Å². The molecule has 6 nitrogen and oxygen atoms in total. The molecule has 5 aromatic rings. The van der Waals surface area contributed by atoms with E-state index in [9.17, 15) is 9.59 Å². The van der Waals surface area contributed by atoms with Gasteiger partial charge in [0.25, 0.3) is 0 Å². The number of benzene rings is 5. The van der Waals surface area contributed by atoms with Gasteiger partial charge >= 0.3 is 242 Å². The Balaban J connectivity index is 1.89. The number of hydrogen-bond donors (Lipinski definition) is 0. The summed E-state index contributed by atoms with van der Waals surface area (Å²) in [6.07, 6.45) is 0. The van der Waals surface area contributed by atoms with Gasteiger partial charge in [-0.3, -0.25) is 0 Å². The molecule has 0 fully saturated rings. The van der Waals surface area contributed by atoms with E-state index in [-0.39, 0.29) is 11.1 Å². The second kappa shape index (κ2) is 11.9. The number of methoxy groups -OCH3 is 2. The zero-order valence-corrected chi connectivity index (χ0v) is 25.2. The van der Waals surface area contributed by atoms with Crippen LogP contribution in [-0.4, -0.2) is 44.4 Å². The van der Waals surface area contributed by atoms with E-state index in [0.29, 0.717) is 22.0 Å². The van der Waals surface area contributed by atoms with Crippen LogP contribution in [0.25, 0.3) is 0 Å². The third-order valence-corrected chi connectivity index (χ3v) is 20.4. The van der Waals surface area contributed by atoms with Crippen LogP contribution < -0.4 is 20.0 Å². The molecule has 0 N–H and O–H groups in total. The fraction of sp³-hybridized carbons (Fsp3) is 0.0588. The molecule has 206 valence electrons. The molecular weight excluding hydrogens is 626 g/mol. The molecular formula is C34H29O6Sb. The summed E-state index contributed by atoms with van der Waals surface area (Å²) in [5, 5.41) is 0. The maximum absolute atomic E-state index is 14.3. The Kier molecular flexibility index (Phi) is 8.13. The van der Waals surface area contributed by atoms with E-state index >= 15 is 0 Å². The van der Waals surface area contributed by atoms with Crippen molar-refractivity contribution in [3.63, 3.8) is 0 Å². The van der Waals surface area contributed by atoms with Crippen LogP contribution in [0.1, 0.15) is 20.7 Å². The van der Waals surface area contributed by atoms with E-state index in [2.05, 4.69) is 0 Å². The summed E-state index contributed by atoms with van der Waals surface area (Å²) in [4.78, 5) is 28.7. The zero-order chi connectivity index (χ0) is 28.7. The topological polar surface area (TPSA) is 71.1 Å². The summed E-state index contributed by atoms with van der Waals surface area (Å²) < 4.78 is 26.6. The molecule has 41 heavy (non-hydrogen) atoms. The van der Waals surface area contributed by atoms with Crippen molar-refractivity contribution in [2.75, 3.05) is 14.2 Å². The van der Waals surface area contributed by atoms with Crippen molar-refractivity contribution in [2.45, 2.75) is 0 Å². The predicted molar refractivity (Wildman–Crippen MR) is 161 cm³/mol. The van der Waals surface area contributed by atoms with E-state index in [1.165, 1.54) is 14.2 Å². The van der Waals surface area contributed by atoms with Crippen molar-refractivity contribution in [3.05, 3.63) is 151 Å². The van der Waals surface area contributed by atoms with Gasteiger partial charge in [-0.2, -0.15) is 0 Å². The summed E-state index contributed by atoms with van der Waals surface area (Å²) in [7, 11) is 2.98. The first-order valence-electron chi connectivity index (χ1n) is 13.0. The van der Waals surface area contributed by atoms with Crippen LogP contribution in [0.5, 0.6) is 11.5 Å². The van der Waals surface area contributed by atoms with E-state index in [1.807, 2.05) is 91.0 Å². The quantitative estimate of drug-likeness (QED) is 0.212. The standard InChI is InChI=1S/2C8H8O3.3C6H5.Sb/c2*1-11-7-5-3-2-4-6(7)8(9)10;3*1-2-4-6-5-3-1;/h2*2-5H,1H3,(H,9,10);3*1-5H;/q;;;;;+2/p-2. The molecule has 0 aliphatic carbocycles. The van der Waals surface area contributed by atoms with Crippen molar-refractivity contribution in [1.82, 2.24) is 0 Å². The molecule has 0 aliphatic rings. The molecule has 0 saturated carbocycles. The summed E-state index contributed by atoms with van der Waals surface area (Å²) >= 11 is -6.11. The second-order valence-electron chi connectivity index (χ2n) is 9.12. The first-order chi connectivity index (χ1) is 20.0. The number of carbonyl (C=O) groups excluding carboxylic acids is 2. The van der Waals surface area contributed by atoms with Crippen molar-refractivity contribution in [3.8, 4) is 11.5 Å². The first-order valence-corrected chi connectivity index (χ1v) is 18.9. The maximum atomic E-state index is 14.3. The molecule has 0 amide bonds. The van der Waals surface area contributed by atoms with Crippen LogP contribution >= 0.6 is 0 Å². The molecule has 7 heteroatoms.